The number of rotatable bonds is 5. The van der Waals surface area contributed by atoms with Crippen LogP contribution in [-0.4, -0.2) is 68.3 Å². The molecule has 0 aliphatic heterocycles. The summed E-state index contributed by atoms with van der Waals surface area (Å²) in [7, 11) is 0. The van der Waals surface area contributed by atoms with E-state index in [0.29, 0.717) is 0 Å². The SMILES string of the molecule is OC[C@@H](O)[C@@H](O)[C@H](O)[C@@H](O)CO.[Mn]. The molecule has 0 aromatic heterocycles. The first kappa shape index (κ1) is 15.7. The van der Waals surface area contributed by atoms with Gasteiger partial charge in [-0.1, -0.05) is 0 Å². The molecule has 7 heteroatoms. The molecule has 0 spiro atoms. The third-order valence-corrected chi connectivity index (χ3v) is 1.51. The zero-order valence-corrected chi connectivity index (χ0v) is 7.97. The van der Waals surface area contributed by atoms with Gasteiger partial charge in [-0.3, -0.25) is 0 Å². The van der Waals surface area contributed by atoms with Crippen molar-refractivity contribution in [1.82, 2.24) is 0 Å². The van der Waals surface area contributed by atoms with Gasteiger partial charge in [-0.2, -0.15) is 0 Å². The summed E-state index contributed by atoms with van der Waals surface area (Å²) in [6.45, 7) is -1.45. The van der Waals surface area contributed by atoms with Crippen molar-refractivity contribution in [3.63, 3.8) is 0 Å². The minimum absolute atomic E-state index is 0. The van der Waals surface area contributed by atoms with E-state index in [1.165, 1.54) is 0 Å². The molecule has 13 heavy (non-hydrogen) atoms. The topological polar surface area (TPSA) is 121 Å². The van der Waals surface area contributed by atoms with E-state index in [1.54, 1.807) is 0 Å². The Balaban J connectivity index is 0. The predicted octanol–water partition coefficient (Wildman–Crippen LogP) is -3.59. The molecule has 0 saturated heterocycles. The maximum Gasteiger partial charge on any atom is 0.111 e. The summed E-state index contributed by atoms with van der Waals surface area (Å²) >= 11 is 0. The van der Waals surface area contributed by atoms with Crippen LogP contribution < -0.4 is 0 Å². The van der Waals surface area contributed by atoms with Crippen molar-refractivity contribution in [2.75, 3.05) is 13.2 Å². The average Bonchev–Trinajstić information content (AvgIpc) is 2.12. The summed E-state index contributed by atoms with van der Waals surface area (Å²) in [6, 6.07) is 0. The number of hydrogen-bond acceptors (Lipinski definition) is 6. The van der Waals surface area contributed by atoms with Gasteiger partial charge in [-0.05, 0) is 0 Å². The van der Waals surface area contributed by atoms with Crippen LogP contribution in [0.15, 0.2) is 0 Å². The molecule has 0 fully saturated rings. The van der Waals surface area contributed by atoms with Crippen LogP contribution in [0.3, 0.4) is 0 Å². The largest absolute Gasteiger partial charge is 0.394 e. The Labute approximate surface area is 85.9 Å². The minimum Gasteiger partial charge on any atom is -0.394 e. The Hall–Kier alpha value is 0.279. The van der Waals surface area contributed by atoms with Crippen molar-refractivity contribution in [2.45, 2.75) is 24.4 Å². The van der Waals surface area contributed by atoms with E-state index in [2.05, 4.69) is 0 Å². The molecule has 6 nitrogen and oxygen atoms in total. The van der Waals surface area contributed by atoms with E-state index in [9.17, 15) is 0 Å². The van der Waals surface area contributed by atoms with Crippen LogP contribution in [0.5, 0.6) is 0 Å². The maximum atomic E-state index is 8.96. The van der Waals surface area contributed by atoms with E-state index in [0.717, 1.165) is 0 Å². The normalized spacial score (nSPS) is 19.8. The van der Waals surface area contributed by atoms with Gasteiger partial charge >= 0.3 is 0 Å². The van der Waals surface area contributed by atoms with Gasteiger partial charge in [0.15, 0.2) is 0 Å². The molecule has 0 aliphatic rings. The molecule has 0 amide bonds. The summed E-state index contributed by atoms with van der Waals surface area (Å²) in [5, 5.41) is 52.2. The van der Waals surface area contributed by atoms with Gasteiger partial charge in [0, 0.05) is 17.1 Å². The third kappa shape index (κ3) is 4.90. The van der Waals surface area contributed by atoms with Crippen LogP contribution in [0.25, 0.3) is 0 Å². The fraction of sp³-hybridized carbons (Fsp3) is 1.00. The number of aliphatic hydroxyl groups excluding tert-OH is 6. The molecule has 1 radical (unpaired) electrons. The first-order valence-corrected chi connectivity index (χ1v) is 3.48. The summed E-state index contributed by atoms with van der Waals surface area (Å²) in [5.41, 5.74) is 0. The summed E-state index contributed by atoms with van der Waals surface area (Å²) < 4.78 is 0. The van der Waals surface area contributed by atoms with E-state index in [4.69, 9.17) is 30.6 Å². The van der Waals surface area contributed by atoms with E-state index >= 15 is 0 Å². The van der Waals surface area contributed by atoms with Crippen molar-refractivity contribution >= 4 is 0 Å². The van der Waals surface area contributed by atoms with Crippen molar-refractivity contribution in [2.24, 2.45) is 0 Å². The second-order valence-corrected chi connectivity index (χ2v) is 2.48. The van der Waals surface area contributed by atoms with Crippen molar-refractivity contribution in [3.05, 3.63) is 0 Å². The van der Waals surface area contributed by atoms with Crippen LogP contribution in [0.2, 0.25) is 0 Å². The molecule has 0 aromatic carbocycles. The smallest absolute Gasteiger partial charge is 0.111 e. The summed E-state index contributed by atoms with van der Waals surface area (Å²) in [6.07, 6.45) is -6.39. The zero-order valence-electron chi connectivity index (χ0n) is 6.78. The molecule has 0 aromatic rings. The molecule has 0 aliphatic carbocycles. The Kier molecular flexibility index (Phi) is 9.28. The minimum atomic E-state index is -1.67. The van der Waals surface area contributed by atoms with E-state index < -0.39 is 37.6 Å². The fourth-order valence-corrected chi connectivity index (χ4v) is 0.671. The first-order chi connectivity index (χ1) is 5.54. The molecule has 0 rings (SSSR count). The van der Waals surface area contributed by atoms with Gasteiger partial charge < -0.3 is 30.6 Å². The third-order valence-electron chi connectivity index (χ3n) is 1.51. The van der Waals surface area contributed by atoms with Gasteiger partial charge in [0.2, 0.25) is 0 Å². The monoisotopic (exact) mass is 237 g/mol. The molecular weight excluding hydrogens is 223 g/mol. The summed E-state index contributed by atoms with van der Waals surface area (Å²) in [5.74, 6) is 0. The average molecular weight is 237 g/mol. The molecular formula is C6H14MnO6. The fourth-order valence-electron chi connectivity index (χ4n) is 0.671. The van der Waals surface area contributed by atoms with Gasteiger partial charge in [-0.25, -0.2) is 0 Å². The van der Waals surface area contributed by atoms with Crippen LogP contribution in [0.4, 0.5) is 0 Å². The zero-order chi connectivity index (χ0) is 9.72. The Morgan fingerprint density at radius 2 is 0.923 bits per heavy atom. The second-order valence-electron chi connectivity index (χ2n) is 2.48. The van der Waals surface area contributed by atoms with Gasteiger partial charge in [-0.15, -0.1) is 0 Å². The number of aliphatic hydroxyl groups is 6. The standard InChI is InChI=1S/C6H14O6.Mn/c7-1-3(9)5(11)6(12)4(10)2-8;/h3-12H,1-2H2;/t3-,4+,5-,6-;/m1./s1. The molecule has 0 bridgehead atoms. The van der Waals surface area contributed by atoms with Crippen molar-refractivity contribution in [1.29, 1.82) is 0 Å². The molecule has 4 atom stereocenters. The molecule has 0 unspecified atom stereocenters. The summed E-state index contributed by atoms with van der Waals surface area (Å²) in [4.78, 5) is 0. The molecule has 81 valence electrons. The van der Waals surface area contributed by atoms with Crippen LogP contribution in [0, 0.1) is 0 Å². The van der Waals surface area contributed by atoms with Gasteiger partial charge in [0.1, 0.15) is 24.4 Å². The van der Waals surface area contributed by atoms with Crippen molar-refractivity contribution in [3.8, 4) is 0 Å². The molecule has 0 saturated carbocycles. The predicted molar refractivity (Wildman–Crippen MR) is 38.2 cm³/mol. The van der Waals surface area contributed by atoms with Crippen LogP contribution >= 0.6 is 0 Å². The van der Waals surface area contributed by atoms with E-state index in [-0.39, 0.29) is 17.1 Å². The van der Waals surface area contributed by atoms with E-state index in [1.807, 2.05) is 0 Å². The van der Waals surface area contributed by atoms with Gasteiger partial charge in [0.05, 0.1) is 13.2 Å². The Morgan fingerprint density at radius 1 is 0.692 bits per heavy atom. The van der Waals surface area contributed by atoms with Crippen LogP contribution in [0.1, 0.15) is 0 Å². The Bertz CT molecular complexity index is 110. The van der Waals surface area contributed by atoms with Crippen molar-refractivity contribution < 1.29 is 47.7 Å². The molecule has 0 heterocycles. The second kappa shape index (κ2) is 7.66. The van der Waals surface area contributed by atoms with Crippen LogP contribution in [-0.2, 0) is 17.1 Å². The number of hydrogen-bond donors (Lipinski definition) is 6. The van der Waals surface area contributed by atoms with Gasteiger partial charge in [0.25, 0.3) is 0 Å². The quantitative estimate of drug-likeness (QED) is 0.275. The maximum absolute atomic E-state index is 8.96. The molecule has 6 N–H and O–H groups in total. The first-order valence-electron chi connectivity index (χ1n) is 3.48. The Morgan fingerprint density at radius 3 is 1.08 bits per heavy atom.